The van der Waals surface area contributed by atoms with Crippen LogP contribution in [0.2, 0.25) is 10.0 Å². The van der Waals surface area contributed by atoms with E-state index < -0.39 is 39.1 Å². The molecule has 0 aliphatic carbocycles. The third kappa shape index (κ3) is 7.13. The Balaban J connectivity index is 1.67. The highest BCUT2D eigenvalue weighted by atomic mass is 35.5. The zero-order valence-electron chi connectivity index (χ0n) is 21.8. The van der Waals surface area contributed by atoms with Crippen LogP contribution >= 0.6 is 23.2 Å². The van der Waals surface area contributed by atoms with E-state index in [1.165, 1.54) is 0 Å². The summed E-state index contributed by atoms with van der Waals surface area (Å²) in [5.74, 6) is -2.96. The normalized spacial score (nSPS) is 24.3. The predicted molar refractivity (Wildman–Crippen MR) is 150 cm³/mol. The summed E-state index contributed by atoms with van der Waals surface area (Å²) < 4.78 is 35.5. The molecule has 2 saturated heterocycles. The molecule has 4 rings (SSSR count). The number of hydrogen-bond donors (Lipinski definition) is 3. The van der Waals surface area contributed by atoms with E-state index >= 15 is 0 Å². The van der Waals surface area contributed by atoms with Gasteiger partial charge in [0.1, 0.15) is 5.25 Å². The van der Waals surface area contributed by atoms with Crippen molar-refractivity contribution in [3.05, 3.63) is 69.7 Å². The zero-order chi connectivity index (χ0) is 28.3. The Labute approximate surface area is 239 Å². The van der Waals surface area contributed by atoms with Crippen LogP contribution in [0.3, 0.4) is 0 Å². The van der Waals surface area contributed by atoms with E-state index in [4.69, 9.17) is 27.9 Å². The molecule has 0 saturated carbocycles. The van der Waals surface area contributed by atoms with Crippen LogP contribution in [-0.4, -0.2) is 51.2 Å². The number of sulfonamides is 1. The van der Waals surface area contributed by atoms with Crippen LogP contribution in [0.25, 0.3) is 0 Å². The quantitative estimate of drug-likeness (QED) is 0.347. The molecule has 39 heavy (non-hydrogen) atoms. The molecule has 0 bridgehead atoms. The summed E-state index contributed by atoms with van der Waals surface area (Å²) in [6.07, 6.45) is 0.0363. The number of piperidine rings is 1. The molecule has 212 valence electrons. The lowest BCUT2D eigenvalue weighted by Gasteiger charge is -2.43. The zero-order valence-corrected chi connectivity index (χ0v) is 24.2. The lowest BCUT2D eigenvalue weighted by Crippen LogP contribution is -2.54. The van der Waals surface area contributed by atoms with Crippen LogP contribution in [0, 0.1) is 23.7 Å². The van der Waals surface area contributed by atoms with E-state index in [0.29, 0.717) is 35.2 Å². The number of carboxylic acids is 1. The van der Waals surface area contributed by atoms with E-state index in [1.54, 1.807) is 30.3 Å². The Hall–Kier alpha value is -2.17. The third-order valence-electron chi connectivity index (χ3n) is 8.04. The average molecular weight is 598 g/mol. The fraction of sp³-hybridized carbons (Fsp3) is 0.500. The fourth-order valence-corrected chi connectivity index (χ4v) is 7.96. The first-order valence-corrected chi connectivity index (χ1v) is 15.4. The first-order chi connectivity index (χ1) is 18.5. The molecule has 3 N–H and O–H groups in total. The van der Waals surface area contributed by atoms with Gasteiger partial charge < -0.3 is 15.2 Å². The molecule has 0 aromatic heterocycles. The third-order valence-corrected chi connectivity index (χ3v) is 10.5. The van der Waals surface area contributed by atoms with Gasteiger partial charge in [0.05, 0.1) is 19.6 Å². The summed E-state index contributed by atoms with van der Waals surface area (Å²) in [6.45, 7) is 5.14. The molecule has 0 spiro atoms. The second-order valence-electron chi connectivity index (χ2n) is 10.7. The van der Waals surface area contributed by atoms with E-state index in [9.17, 15) is 23.1 Å². The van der Waals surface area contributed by atoms with Gasteiger partial charge in [0.2, 0.25) is 15.9 Å². The highest BCUT2D eigenvalue weighted by Crippen LogP contribution is 2.43. The van der Waals surface area contributed by atoms with Gasteiger partial charge in [0.25, 0.3) is 0 Å². The average Bonchev–Trinajstić information content (AvgIpc) is 2.84. The molecular weight excluding hydrogens is 563 g/mol. The summed E-state index contributed by atoms with van der Waals surface area (Å²) in [7, 11) is -3.83. The number of ether oxygens (including phenoxy) is 1. The largest absolute Gasteiger partial charge is 0.481 e. The van der Waals surface area contributed by atoms with Gasteiger partial charge in [0, 0.05) is 40.4 Å². The Morgan fingerprint density at radius 2 is 1.82 bits per heavy atom. The van der Waals surface area contributed by atoms with E-state index in [0.717, 1.165) is 5.56 Å². The lowest BCUT2D eigenvalue weighted by atomic mass is 9.71. The summed E-state index contributed by atoms with van der Waals surface area (Å²) in [5, 5.41) is 12.5. The second kappa shape index (κ2) is 12.6. The Morgan fingerprint density at radius 3 is 2.41 bits per heavy atom. The molecule has 3 unspecified atom stereocenters. The van der Waals surface area contributed by atoms with E-state index in [1.807, 2.05) is 32.0 Å². The number of amides is 1. The van der Waals surface area contributed by atoms with Crippen molar-refractivity contribution < 1.29 is 27.9 Å². The summed E-state index contributed by atoms with van der Waals surface area (Å²) >= 11 is 12.4. The molecule has 8 nitrogen and oxygen atoms in total. The first-order valence-electron chi connectivity index (χ1n) is 13.1. The maximum Gasteiger partial charge on any atom is 0.304 e. The summed E-state index contributed by atoms with van der Waals surface area (Å²) in [4.78, 5) is 24.5. The molecule has 2 aliphatic heterocycles. The second-order valence-corrected chi connectivity index (χ2v) is 13.5. The van der Waals surface area contributed by atoms with Crippen molar-refractivity contribution in [2.45, 2.75) is 43.9 Å². The van der Waals surface area contributed by atoms with Crippen molar-refractivity contribution in [2.75, 3.05) is 19.8 Å². The van der Waals surface area contributed by atoms with Crippen molar-refractivity contribution in [1.82, 2.24) is 10.0 Å². The summed E-state index contributed by atoms with van der Waals surface area (Å²) in [6, 6.07) is 13.6. The maximum atomic E-state index is 13.8. The number of nitrogens with one attached hydrogen (secondary N) is 2. The SMILES string of the molecule is CC(C(C)[C@@H]1NC(=O)[C@@H](CC(=O)O)C[C@@H]1c1cccc(Cl)c1)C(c1ccc(Cl)cc1)S(=O)(=O)NCC1COC1. The Morgan fingerprint density at radius 1 is 1.13 bits per heavy atom. The van der Waals surface area contributed by atoms with Crippen molar-refractivity contribution in [3.63, 3.8) is 0 Å². The number of carbonyl (C=O) groups excluding carboxylic acids is 1. The minimum atomic E-state index is -3.83. The number of aliphatic carboxylic acids is 1. The van der Waals surface area contributed by atoms with Gasteiger partial charge in [0.15, 0.2) is 0 Å². The van der Waals surface area contributed by atoms with Gasteiger partial charge in [-0.05, 0) is 53.6 Å². The summed E-state index contributed by atoms with van der Waals surface area (Å²) in [5.41, 5.74) is 1.47. The van der Waals surface area contributed by atoms with Gasteiger partial charge in [-0.2, -0.15) is 0 Å². The minimum absolute atomic E-state index is 0.134. The molecule has 1 amide bonds. The van der Waals surface area contributed by atoms with E-state index in [-0.39, 0.29) is 36.6 Å². The Bertz CT molecular complexity index is 1290. The van der Waals surface area contributed by atoms with Crippen molar-refractivity contribution in [3.8, 4) is 0 Å². The van der Waals surface area contributed by atoms with Crippen LogP contribution in [0.15, 0.2) is 48.5 Å². The molecule has 6 atom stereocenters. The van der Waals surface area contributed by atoms with Gasteiger partial charge in [-0.15, -0.1) is 0 Å². The van der Waals surface area contributed by atoms with Crippen molar-refractivity contribution in [2.24, 2.45) is 23.7 Å². The van der Waals surface area contributed by atoms with Crippen LogP contribution in [0.5, 0.6) is 0 Å². The molecule has 11 heteroatoms. The van der Waals surface area contributed by atoms with Gasteiger partial charge in [-0.25, -0.2) is 13.1 Å². The molecule has 0 radical (unpaired) electrons. The van der Waals surface area contributed by atoms with Gasteiger partial charge in [-0.3, -0.25) is 9.59 Å². The number of benzene rings is 2. The van der Waals surface area contributed by atoms with Crippen LogP contribution in [-0.2, 0) is 24.3 Å². The van der Waals surface area contributed by atoms with Crippen LogP contribution in [0.4, 0.5) is 0 Å². The number of rotatable bonds is 11. The fourth-order valence-electron chi connectivity index (χ4n) is 5.65. The number of carboxylic acid groups (broad SMARTS) is 1. The van der Waals surface area contributed by atoms with E-state index in [2.05, 4.69) is 10.0 Å². The smallest absolute Gasteiger partial charge is 0.304 e. The highest BCUT2D eigenvalue weighted by Gasteiger charge is 2.45. The van der Waals surface area contributed by atoms with Crippen LogP contribution < -0.4 is 10.0 Å². The molecule has 2 aliphatic rings. The number of hydrogen-bond acceptors (Lipinski definition) is 5. The van der Waals surface area contributed by atoms with Gasteiger partial charge >= 0.3 is 5.97 Å². The lowest BCUT2D eigenvalue weighted by molar-refractivity contribution is -0.142. The first kappa shape index (κ1) is 29.8. The monoisotopic (exact) mass is 596 g/mol. The standard InChI is InChI=1S/C28H34Cl2N2O6S/c1-16(26-24(20-4-3-5-23(30)10-20)11-21(12-25(33)34)28(35)32-26)17(2)27(19-6-8-22(29)9-7-19)39(36,37)31-13-18-14-38-15-18/h3-10,16-18,21,24,26-27,31H,11-15H2,1-2H3,(H,32,35)(H,33,34)/t16?,17?,21-,24-,26+,27?/m1/s1. The number of halogens is 2. The highest BCUT2D eigenvalue weighted by molar-refractivity contribution is 7.89. The topological polar surface area (TPSA) is 122 Å². The van der Waals surface area contributed by atoms with Crippen LogP contribution in [0.1, 0.15) is 49.0 Å². The molecule has 2 fully saturated rings. The Kier molecular flexibility index (Phi) is 9.60. The van der Waals surface area contributed by atoms with Crippen molar-refractivity contribution >= 4 is 45.1 Å². The van der Waals surface area contributed by atoms with Gasteiger partial charge in [-0.1, -0.05) is 61.3 Å². The maximum absolute atomic E-state index is 13.8. The molecule has 2 aromatic carbocycles. The van der Waals surface area contributed by atoms with Crippen molar-refractivity contribution in [1.29, 1.82) is 0 Å². The molecular formula is C28H34Cl2N2O6S. The minimum Gasteiger partial charge on any atom is -0.481 e. The molecule has 2 aromatic rings. The predicted octanol–water partition coefficient (Wildman–Crippen LogP) is 4.64. The number of carbonyl (C=O) groups is 2. The molecule has 2 heterocycles.